The third-order valence-electron chi connectivity index (χ3n) is 3.18. The molecule has 0 spiro atoms. The summed E-state index contributed by atoms with van der Waals surface area (Å²) in [6.45, 7) is 0.498. The van der Waals surface area contributed by atoms with Gasteiger partial charge in [-0.15, -0.1) is 0 Å². The van der Waals surface area contributed by atoms with E-state index in [4.69, 9.17) is 9.47 Å². The van der Waals surface area contributed by atoms with Crippen molar-refractivity contribution >= 4 is 5.78 Å². The van der Waals surface area contributed by atoms with E-state index in [-0.39, 0.29) is 5.78 Å². The first kappa shape index (κ1) is 16.6. The standard InChI is InChI=1S/C19H21NO3/c1-20(2)13-18(22-3)19(21)16-9-11-17(12-10-16)23-14-15-7-5-4-6-8-15/h4-13H,14H2,1-3H3. The molecule has 2 rings (SSSR count). The molecule has 120 valence electrons. The van der Waals surface area contributed by atoms with Crippen LogP contribution < -0.4 is 4.74 Å². The largest absolute Gasteiger partial charge is 0.491 e. The fraction of sp³-hybridized carbons (Fsp3) is 0.211. The van der Waals surface area contributed by atoms with Gasteiger partial charge in [-0.3, -0.25) is 4.79 Å². The van der Waals surface area contributed by atoms with Crippen LogP contribution in [0.3, 0.4) is 0 Å². The lowest BCUT2D eigenvalue weighted by Crippen LogP contribution is -2.11. The molecular weight excluding hydrogens is 290 g/mol. The number of carbonyl (C=O) groups excluding carboxylic acids is 1. The van der Waals surface area contributed by atoms with E-state index in [1.165, 1.54) is 7.11 Å². The van der Waals surface area contributed by atoms with E-state index in [9.17, 15) is 4.79 Å². The van der Waals surface area contributed by atoms with Crippen molar-refractivity contribution < 1.29 is 14.3 Å². The molecule has 0 aromatic heterocycles. The quantitative estimate of drug-likeness (QED) is 0.446. The normalized spacial score (nSPS) is 11.0. The number of nitrogens with zero attached hydrogens (tertiary/aromatic N) is 1. The van der Waals surface area contributed by atoms with Crippen molar-refractivity contribution in [2.75, 3.05) is 21.2 Å². The van der Waals surface area contributed by atoms with Crippen molar-refractivity contribution in [1.82, 2.24) is 4.90 Å². The summed E-state index contributed by atoms with van der Waals surface area (Å²) < 4.78 is 10.9. The predicted octanol–water partition coefficient (Wildman–Crippen LogP) is 3.50. The average Bonchev–Trinajstić information content (AvgIpc) is 2.58. The predicted molar refractivity (Wildman–Crippen MR) is 90.3 cm³/mol. The Morgan fingerprint density at radius 3 is 2.26 bits per heavy atom. The van der Waals surface area contributed by atoms with Gasteiger partial charge in [-0.2, -0.15) is 0 Å². The van der Waals surface area contributed by atoms with E-state index in [0.29, 0.717) is 17.9 Å². The first-order chi connectivity index (χ1) is 11.1. The number of Topliss-reactive ketones (excluding diaryl/α,β-unsaturated/α-hetero) is 1. The second-order valence-corrected chi connectivity index (χ2v) is 5.29. The van der Waals surface area contributed by atoms with Gasteiger partial charge in [0.15, 0.2) is 5.76 Å². The van der Waals surface area contributed by atoms with Crippen LogP contribution in [0.1, 0.15) is 15.9 Å². The Bertz CT molecular complexity index is 661. The number of hydrogen-bond donors (Lipinski definition) is 0. The van der Waals surface area contributed by atoms with Gasteiger partial charge in [-0.25, -0.2) is 0 Å². The SMILES string of the molecule is COC(=CN(C)C)C(=O)c1ccc(OCc2ccccc2)cc1. The van der Waals surface area contributed by atoms with Crippen LogP contribution in [0.4, 0.5) is 0 Å². The lowest BCUT2D eigenvalue weighted by atomic mass is 10.1. The van der Waals surface area contributed by atoms with Crippen LogP contribution >= 0.6 is 0 Å². The summed E-state index contributed by atoms with van der Waals surface area (Å²) in [4.78, 5) is 14.1. The zero-order valence-electron chi connectivity index (χ0n) is 13.7. The molecule has 0 radical (unpaired) electrons. The molecule has 0 amide bonds. The molecule has 23 heavy (non-hydrogen) atoms. The zero-order valence-corrected chi connectivity index (χ0v) is 13.7. The highest BCUT2D eigenvalue weighted by molar-refractivity contribution is 6.07. The highest BCUT2D eigenvalue weighted by atomic mass is 16.5. The van der Waals surface area contributed by atoms with Gasteiger partial charge in [-0.05, 0) is 29.8 Å². The molecule has 0 heterocycles. The molecule has 0 saturated heterocycles. The topological polar surface area (TPSA) is 38.8 Å². The van der Waals surface area contributed by atoms with E-state index >= 15 is 0 Å². The summed E-state index contributed by atoms with van der Waals surface area (Å²) in [5, 5.41) is 0. The van der Waals surface area contributed by atoms with E-state index in [1.54, 1.807) is 35.4 Å². The molecule has 0 fully saturated rings. The molecule has 0 unspecified atom stereocenters. The summed E-state index contributed by atoms with van der Waals surface area (Å²) in [5.41, 5.74) is 1.66. The number of carbonyl (C=O) groups is 1. The smallest absolute Gasteiger partial charge is 0.229 e. The Labute approximate surface area is 137 Å². The van der Waals surface area contributed by atoms with Crippen molar-refractivity contribution in [3.63, 3.8) is 0 Å². The number of allylic oxidation sites excluding steroid dienone is 1. The van der Waals surface area contributed by atoms with E-state index in [0.717, 1.165) is 11.3 Å². The van der Waals surface area contributed by atoms with Crippen molar-refractivity contribution in [3.05, 3.63) is 77.7 Å². The minimum absolute atomic E-state index is 0.157. The zero-order chi connectivity index (χ0) is 16.7. The third kappa shape index (κ3) is 4.88. The molecule has 4 heteroatoms. The third-order valence-corrected chi connectivity index (χ3v) is 3.18. The van der Waals surface area contributed by atoms with Gasteiger partial charge in [0.25, 0.3) is 0 Å². The molecule has 2 aromatic carbocycles. The number of benzene rings is 2. The van der Waals surface area contributed by atoms with Crippen LogP contribution in [0, 0.1) is 0 Å². The van der Waals surface area contributed by atoms with E-state index < -0.39 is 0 Å². The Kier molecular flexibility index (Phi) is 5.80. The number of rotatable bonds is 7. The molecule has 0 bridgehead atoms. The highest BCUT2D eigenvalue weighted by Gasteiger charge is 2.13. The monoisotopic (exact) mass is 311 g/mol. The van der Waals surface area contributed by atoms with Crippen LogP contribution in [0.15, 0.2) is 66.6 Å². The van der Waals surface area contributed by atoms with Gasteiger partial charge >= 0.3 is 0 Å². The molecule has 0 aliphatic heterocycles. The van der Waals surface area contributed by atoms with Crippen molar-refractivity contribution in [2.45, 2.75) is 6.61 Å². The van der Waals surface area contributed by atoms with Gasteiger partial charge in [0, 0.05) is 25.9 Å². The summed E-state index contributed by atoms with van der Waals surface area (Å²) >= 11 is 0. The first-order valence-electron chi connectivity index (χ1n) is 7.34. The van der Waals surface area contributed by atoms with Gasteiger partial charge < -0.3 is 14.4 Å². The van der Waals surface area contributed by atoms with Crippen LogP contribution in [0.25, 0.3) is 0 Å². The fourth-order valence-electron chi connectivity index (χ4n) is 2.02. The molecular formula is C19H21NO3. The Hall–Kier alpha value is -2.75. The first-order valence-corrected chi connectivity index (χ1v) is 7.34. The van der Waals surface area contributed by atoms with E-state index in [2.05, 4.69) is 0 Å². The maximum atomic E-state index is 12.3. The Morgan fingerprint density at radius 1 is 1.04 bits per heavy atom. The minimum Gasteiger partial charge on any atom is -0.491 e. The second kappa shape index (κ2) is 8.03. The summed E-state index contributed by atoms with van der Waals surface area (Å²) in [6.07, 6.45) is 1.65. The summed E-state index contributed by atoms with van der Waals surface area (Å²) in [6, 6.07) is 17.0. The average molecular weight is 311 g/mol. The van der Waals surface area contributed by atoms with Crippen LogP contribution in [0.5, 0.6) is 5.75 Å². The highest BCUT2D eigenvalue weighted by Crippen LogP contribution is 2.17. The van der Waals surface area contributed by atoms with Crippen molar-refractivity contribution in [1.29, 1.82) is 0 Å². The van der Waals surface area contributed by atoms with Crippen molar-refractivity contribution in [2.24, 2.45) is 0 Å². The molecule has 4 nitrogen and oxygen atoms in total. The maximum absolute atomic E-state index is 12.3. The van der Waals surface area contributed by atoms with E-state index in [1.807, 2.05) is 44.4 Å². The van der Waals surface area contributed by atoms with Crippen LogP contribution in [0.2, 0.25) is 0 Å². The summed E-state index contributed by atoms with van der Waals surface area (Å²) in [5.74, 6) is 0.865. The van der Waals surface area contributed by atoms with Gasteiger partial charge in [0.2, 0.25) is 5.78 Å². The Morgan fingerprint density at radius 2 is 1.70 bits per heavy atom. The summed E-state index contributed by atoms with van der Waals surface area (Å²) in [7, 11) is 5.17. The van der Waals surface area contributed by atoms with Crippen LogP contribution in [-0.2, 0) is 11.3 Å². The van der Waals surface area contributed by atoms with Crippen LogP contribution in [-0.4, -0.2) is 31.9 Å². The van der Waals surface area contributed by atoms with Gasteiger partial charge in [0.05, 0.1) is 7.11 Å². The lowest BCUT2D eigenvalue weighted by Gasteiger charge is -2.11. The lowest BCUT2D eigenvalue weighted by molar-refractivity contribution is 0.0948. The minimum atomic E-state index is -0.157. The molecule has 0 aliphatic carbocycles. The number of ether oxygens (including phenoxy) is 2. The number of ketones is 1. The number of hydrogen-bond acceptors (Lipinski definition) is 4. The molecule has 0 atom stereocenters. The number of methoxy groups -OCH3 is 1. The fourth-order valence-corrected chi connectivity index (χ4v) is 2.02. The second-order valence-electron chi connectivity index (χ2n) is 5.29. The maximum Gasteiger partial charge on any atom is 0.229 e. The molecule has 2 aromatic rings. The Balaban J connectivity index is 2.03. The van der Waals surface area contributed by atoms with Gasteiger partial charge in [0.1, 0.15) is 12.4 Å². The molecule has 0 saturated carbocycles. The molecule has 0 N–H and O–H groups in total. The molecule has 0 aliphatic rings. The van der Waals surface area contributed by atoms with Gasteiger partial charge in [-0.1, -0.05) is 30.3 Å². The van der Waals surface area contributed by atoms with Crippen molar-refractivity contribution in [3.8, 4) is 5.75 Å².